The minimum absolute atomic E-state index is 0.0731. The average Bonchev–Trinajstić information content (AvgIpc) is 2.47. The number of pyridine rings is 1. The minimum Gasteiger partial charge on any atom is -0.349 e. The molecule has 0 saturated heterocycles. The largest absolute Gasteiger partial charge is 0.349 e. The van der Waals surface area contributed by atoms with E-state index in [2.05, 4.69) is 20.0 Å². The Kier molecular flexibility index (Phi) is 3.34. The maximum absolute atomic E-state index is 12.1. The van der Waals surface area contributed by atoms with E-state index in [-0.39, 0.29) is 16.9 Å². The summed E-state index contributed by atoms with van der Waals surface area (Å²) >= 11 is 0. The van der Waals surface area contributed by atoms with Crippen LogP contribution in [0.3, 0.4) is 0 Å². The van der Waals surface area contributed by atoms with Crippen LogP contribution in [0.1, 0.15) is 18.5 Å². The topological polar surface area (TPSA) is 83.5 Å². The standard InChI is InChI=1S/C14H14N4O2S/c1-10(11-5-3-2-4-6-11)16-14-17-12-7-8-15-9-13(12)21(19,20)18-14/h2-10H,1H3,(H2,16,17,18). The summed E-state index contributed by atoms with van der Waals surface area (Å²) in [5, 5.41) is 6.04. The summed E-state index contributed by atoms with van der Waals surface area (Å²) in [4.78, 5) is 3.90. The molecule has 21 heavy (non-hydrogen) atoms. The predicted octanol–water partition coefficient (Wildman–Crippen LogP) is 1.90. The first kappa shape index (κ1) is 13.6. The maximum atomic E-state index is 12.1. The van der Waals surface area contributed by atoms with Crippen molar-refractivity contribution in [2.24, 2.45) is 4.40 Å². The molecule has 2 aromatic rings. The second-order valence-corrected chi connectivity index (χ2v) is 6.26. The van der Waals surface area contributed by atoms with Crippen LogP contribution >= 0.6 is 0 Å². The quantitative estimate of drug-likeness (QED) is 0.885. The van der Waals surface area contributed by atoms with Crippen LogP contribution in [-0.4, -0.2) is 19.4 Å². The molecule has 3 rings (SSSR count). The number of sulfonamides is 1. The van der Waals surface area contributed by atoms with Gasteiger partial charge in [0.2, 0.25) is 5.96 Å². The van der Waals surface area contributed by atoms with E-state index in [0.717, 1.165) is 5.56 Å². The van der Waals surface area contributed by atoms with Crippen molar-refractivity contribution in [2.75, 3.05) is 5.32 Å². The van der Waals surface area contributed by atoms with Gasteiger partial charge in [0.05, 0.1) is 11.7 Å². The highest BCUT2D eigenvalue weighted by Gasteiger charge is 2.25. The molecule has 1 aliphatic rings. The SMILES string of the molecule is CC(NC1=NS(=O)(=O)c2cnccc2N1)c1ccccc1. The van der Waals surface area contributed by atoms with Crippen molar-refractivity contribution < 1.29 is 8.42 Å². The number of guanidine groups is 1. The molecule has 6 nitrogen and oxygen atoms in total. The van der Waals surface area contributed by atoms with Crippen LogP contribution in [0, 0.1) is 0 Å². The molecule has 0 spiro atoms. The zero-order valence-electron chi connectivity index (χ0n) is 11.3. The monoisotopic (exact) mass is 302 g/mol. The molecule has 108 valence electrons. The predicted molar refractivity (Wildman–Crippen MR) is 80.5 cm³/mol. The molecule has 0 bridgehead atoms. The van der Waals surface area contributed by atoms with Gasteiger partial charge in [-0.1, -0.05) is 30.3 Å². The number of hydrogen-bond donors (Lipinski definition) is 2. The fourth-order valence-corrected chi connectivity index (χ4v) is 3.13. The maximum Gasteiger partial charge on any atom is 0.289 e. The number of nitrogens with one attached hydrogen (secondary N) is 2. The van der Waals surface area contributed by atoms with Gasteiger partial charge >= 0.3 is 0 Å². The molecule has 1 aromatic heterocycles. The molecule has 7 heteroatoms. The first-order valence-electron chi connectivity index (χ1n) is 6.44. The van der Waals surface area contributed by atoms with Crippen molar-refractivity contribution in [1.82, 2.24) is 10.3 Å². The zero-order chi connectivity index (χ0) is 14.9. The van der Waals surface area contributed by atoms with Crippen molar-refractivity contribution in [3.05, 3.63) is 54.4 Å². The molecular weight excluding hydrogens is 288 g/mol. The van der Waals surface area contributed by atoms with Crippen LogP contribution in [0.15, 0.2) is 58.1 Å². The Morgan fingerprint density at radius 2 is 1.95 bits per heavy atom. The van der Waals surface area contributed by atoms with E-state index in [1.54, 1.807) is 6.07 Å². The molecule has 0 fully saturated rings. The third kappa shape index (κ3) is 2.73. The second-order valence-electron chi connectivity index (χ2n) is 4.69. The summed E-state index contributed by atoms with van der Waals surface area (Å²) in [5.41, 5.74) is 1.52. The number of aromatic nitrogens is 1. The highest BCUT2D eigenvalue weighted by Crippen LogP contribution is 2.25. The van der Waals surface area contributed by atoms with E-state index >= 15 is 0 Å². The van der Waals surface area contributed by atoms with Gasteiger partial charge in [0.1, 0.15) is 4.90 Å². The first-order valence-corrected chi connectivity index (χ1v) is 7.88. The summed E-state index contributed by atoms with van der Waals surface area (Å²) in [5.74, 6) is 0.213. The summed E-state index contributed by atoms with van der Waals surface area (Å²) in [7, 11) is -3.72. The van der Waals surface area contributed by atoms with Gasteiger partial charge < -0.3 is 10.6 Å². The van der Waals surface area contributed by atoms with Crippen LogP contribution in [0.25, 0.3) is 0 Å². The first-order chi connectivity index (χ1) is 10.1. The third-order valence-electron chi connectivity index (χ3n) is 3.18. The van der Waals surface area contributed by atoms with E-state index in [4.69, 9.17) is 0 Å². The molecule has 1 atom stereocenters. The lowest BCUT2D eigenvalue weighted by atomic mass is 10.1. The lowest BCUT2D eigenvalue weighted by Gasteiger charge is -2.22. The zero-order valence-corrected chi connectivity index (χ0v) is 12.1. The van der Waals surface area contributed by atoms with Crippen molar-refractivity contribution in [3.8, 4) is 0 Å². The summed E-state index contributed by atoms with van der Waals surface area (Å²) in [6.45, 7) is 1.94. The summed E-state index contributed by atoms with van der Waals surface area (Å²) < 4.78 is 27.9. The van der Waals surface area contributed by atoms with Crippen molar-refractivity contribution >= 4 is 21.7 Å². The Morgan fingerprint density at radius 1 is 1.19 bits per heavy atom. The van der Waals surface area contributed by atoms with E-state index in [1.165, 1.54) is 12.4 Å². The Labute approximate surface area is 123 Å². The van der Waals surface area contributed by atoms with Crippen molar-refractivity contribution in [2.45, 2.75) is 17.9 Å². The normalized spacial score (nSPS) is 17.1. The number of anilines is 1. The van der Waals surface area contributed by atoms with Gasteiger partial charge in [-0.15, -0.1) is 4.40 Å². The smallest absolute Gasteiger partial charge is 0.289 e. The number of hydrogen-bond acceptors (Lipinski definition) is 5. The van der Waals surface area contributed by atoms with E-state index < -0.39 is 10.0 Å². The van der Waals surface area contributed by atoms with E-state index in [9.17, 15) is 8.42 Å². The van der Waals surface area contributed by atoms with Gasteiger partial charge in [-0.05, 0) is 18.6 Å². The third-order valence-corrected chi connectivity index (χ3v) is 4.48. The molecule has 2 N–H and O–H groups in total. The fraction of sp³-hybridized carbons (Fsp3) is 0.143. The molecule has 1 aromatic carbocycles. The summed E-state index contributed by atoms with van der Waals surface area (Å²) in [6.07, 6.45) is 2.82. The Bertz CT molecular complexity index is 788. The van der Waals surface area contributed by atoms with Gasteiger partial charge in [-0.3, -0.25) is 4.98 Å². The lowest BCUT2D eigenvalue weighted by molar-refractivity contribution is 0.596. The van der Waals surface area contributed by atoms with Gasteiger partial charge in [-0.25, -0.2) is 0 Å². The average molecular weight is 302 g/mol. The molecular formula is C14H14N4O2S. The molecule has 1 unspecified atom stereocenters. The Hall–Kier alpha value is -2.41. The van der Waals surface area contributed by atoms with Crippen LogP contribution in [0.2, 0.25) is 0 Å². The highest BCUT2D eigenvalue weighted by molar-refractivity contribution is 7.90. The molecule has 1 aliphatic heterocycles. The molecule has 0 aliphatic carbocycles. The lowest BCUT2D eigenvalue weighted by Crippen LogP contribution is -2.36. The Balaban J connectivity index is 1.87. The van der Waals surface area contributed by atoms with Gasteiger partial charge in [0, 0.05) is 12.4 Å². The van der Waals surface area contributed by atoms with Crippen LogP contribution in [0.5, 0.6) is 0 Å². The van der Waals surface area contributed by atoms with Crippen LogP contribution < -0.4 is 10.6 Å². The van der Waals surface area contributed by atoms with Crippen LogP contribution in [0.4, 0.5) is 5.69 Å². The highest BCUT2D eigenvalue weighted by atomic mass is 32.2. The van der Waals surface area contributed by atoms with Crippen molar-refractivity contribution in [1.29, 1.82) is 0 Å². The number of fused-ring (bicyclic) bond motifs is 1. The molecule has 2 heterocycles. The molecule has 0 saturated carbocycles. The van der Waals surface area contributed by atoms with E-state index in [1.807, 2.05) is 37.3 Å². The van der Waals surface area contributed by atoms with Gasteiger partial charge in [0.15, 0.2) is 0 Å². The Morgan fingerprint density at radius 3 is 2.71 bits per heavy atom. The van der Waals surface area contributed by atoms with Gasteiger partial charge in [-0.2, -0.15) is 8.42 Å². The second kappa shape index (κ2) is 5.17. The summed E-state index contributed by atoms with van der Waals surface area (Å²) in [6, 6.07) is 11.3. The van der Waals surface area contributed by atoms with Crippen LogP contribution in [-0.2, 0) is 10.0 Å². The van der Waals surface area contributed by atoms with Crippen molar-refractivity contribution in [3.63, 3.8) is 0 Å². The minimum atomic E-state index is -3.72. The van der Waals surface area contributed by atoms with Gasteiger partial charge in [0.25, 0.3) is 10.0 Å². The molecule has 0 amide bonds. The van der Waals surface area contributed by atoms with E-state index in [0.29, 0.717) is 5.69 Å². The number of rotatable bonds is 2. The molecule has 0 radical (unpaired) electrons. The number of benzene rings is 1. The number of nitrogens with zero attached hydrogens (tertiary/aromatic N) is 2. The fourth-order valence-electron chi connectivity index (χ4n) is 2.10.